The third-order valence-electron chi connectivity index (χ3n) is 2.70. The van der Waals surface area contributed by atoms with Crippen molar-refractivity contribution in [1.82, 2.24) is 0 Å². The molecule has 0 saturated heterocycles. The van der Waals surface area contributed by atoms with Gasteiger partial charge in [-0.3, -0.25) is 4.79 Å². The highest BCUT2D eigenvalue weighted by Crippen LogP contribution is 2.32. The summed E-state index contributed by atoms with van der Waals surface area (Å²) in [7, 11) is 0. The molecule has 0 spiro atoms. The van der Waals surface area contributed by atoms with Gasteiger partial charge in [0.25, 0.3) is 5.91 Å². The zero-order chi connectivity index (χ0) is 18.0. The Morgan fingerprint density at radius 2 is 1.46 bits per heavy atom. The number of nitrogens with one attached hydrogen (secondary N) is 1. The van der Waals surface area contributed by atoms with Gasteiger partial charge in [0.1, 0.15) is 0 Å². The lowest BCUT2D eigenvalue weighted by atomic mass is 10.3. The Balaban J connectivity index is 2.11. The van der Waals surface area contributed by atoms with E-state index < -0.39 is 41.5 Å². The summed E-state index contributed by atoms with van der Waals surface area (Å²) in [5.41, 5.74) is 0.0611. The molecule has 0 fully saturated rings. The van der Waals surface area contributed by atoms with Crippen LogP contribution in [-0.2, 0) is 4.79 Å². The Kier molecular flexibility index (Phi) is 5.79. The van der Waals surface area contributed by atoms with Gasteiger partial charge >= 0.3 is 0 Å². The standard InChI is InChI=1S/C14H6Cl3F4NO2/c15-5-1-7(17)10(2-6(5)16)22-11(23)4-24-14-12(20)8(18)3-9(19)13(14)21/h1-3H,4H2,(H,22,23). The van der Waals surface area contributed by atoms with Crippen molar-refractivity contribution in [2.24, 2.45) is 0 Å². The van der Waals surface area contributed by atoms with Crippen molar-refractivity contribution in [3.05, 3.63) is 56.5 Å². The minimum Gasteiger partial charge on any atom is -0.477 e. The van der Waals surface area contributed by atoms with Crippen LogP contribution in [0.2, 0.25) is 15.1 Å². The number of hydrogen-bond donors (Lipinski definition) is 1. The molecule has 0 bridgehead atoms. The molecule has 0 atom stereocenters. The first-order valence-electron chi connectivity index (χ1n) is 6.11. The Morgan fingerprint density at radius 3 is 2.04 bits per heavy atom. The SMILES string of the molecule is O=C(COc1c(F)c(F)cc(F)c1F)Nc1cc(Cl)c(Cl)cc1Cl. The largest absolute Gasteiger partial charge is 0.477 e. The van der Waals surface area contributed by atoms with E-state index >= 15 is 0 Å². The van der Waals surface area contributed by atoms with Crippen molar-refractivity contribution in [1.29, 1.82) is 0 Å². The first-order valence-corrected chi connectivity index (χ1v) is 7.24. The average Bonchev–Trinajstić information content (AvgIpc) is 2.50. The molecule has 0 heterocycles. The minimum absolute atomic E-state index is 0.0209. The fourth-order valence-corrected chi connectivity index (χ4v) is 2.21. The highest BCUT2D eigenvalue weighted by Gasteiger charge is 2.21. The van der Waals surface area contributed by atoms with Crippen LogP contribution in [0, 0.1) is 23.3 Å². The molecule has 0 saturated carbocycles. The number of rotatable bonds is 4. The molecule has 0 radical (unpaired) electrons. The predicted octanol–water partition coefficient (Wildman–Crippen LogP) is 5.22. The summed E-state index contributed by atoms with van der Waals surface area (Å²) >= 11 is 17.3. The fraction of sp³-hybridized carbons (Fsp3) is 0.0714. The second kappa shape index (κ2) is 7.46. The van der Waals surface area contributed by atoms with Gasteiger partial charge in [-0.15, -0.1) is 0 Å². The third-order valence-corrected chi connectivity index (χ3v) is 3.74. The van der Waals surface area contributed by atoms with Gasteiger partial charge in [0, 0.05) is 6.07 Å². The van der Waals surface area contributed by atoms with Crippen molar-refractivity contribution in [2.45, 2.75) is 0 Å². The monoisotopic (exact) mass is 401 g/mol. The molecule has 10 heteroatoms. The van der Waals surface area contributed by atoms with E-state index in [1.165, 1.54) is 12.1 Å². The lowest BCUT2D eigenvalue weighted by Crippen LogP contribution is -2.21. The van der Waals surface area contributed by atoms with Gasteiger partial charge in [0.15, 0.2) is 24.0 Å². The Hall–Kier alpha value is -1.70. The molecule has 2 rings (SSSR count). The molecule has 2 aromatic rings. The van der Waals surface area contributed by atoms with E-state index in [1.54, 1.807) is 0 Å². The molecule has 0 aliphatic carbocycles. The van der Waals surface area contributed by atoms with Crippen LogP contribution < -0.4 is 10.1 Å². The second-order valence-electron chi connectivity index (χ2n) is 4.38. The van der Waals surface area contributed by atoms with Crippen LogP contribution >= 0.6 is 34.8 Å². The minimum atomic E-state index is -1.76. The smallest absolute Gasteiger partial charge is 0.262 e. The molecule has 1 N–H and O–H groups in total. The van der Waals surface area contributed by atoms with Crippen LogP contribution in [0.15, 0.2) is 18.2 Å². The molecule has 128 valence electrons. The van der Waals surface area contributed by atoms with Crippen molar-refractivity contribution < 1.29 is 27.1 Å². The maximum absolute atomic E-state index is 13.4. The lowest BCUT2D eigenvalue weighted by molar-refractivity contribution is -0.118. The van der Waals surface area contributed by atoms with Crippen LogP contribution in [0.25, 0.3) is 0 Å². The van der Waals surface area contributed by atoms with E-state index in [1.807, 2.05) is 0 Å². The summed E-state index contributed by atoms with van der Waals surface area (Å²) < 4.78 is 57.3. The number of hydrogen-bond acceptors (Lipinski definition) is 2. The topological polar surface area (TPSA) is 38.3 Å². The van der Waals surface area contributed by atoms with Gasteiger partial charge in [-0.1, -0.05) is 34.8 Å². The van der Waals surface area contributed by atoms with Crippen molar-refractivity contribution in [3.63, 3.8) is 0 Å². The summed E-state index contributed by atoms with van der Waals surface area (Å²) in [6, 6.07) is 2.53. The van der Waals surface area contributed by atoms with Crippen LogP contribution in [0.1, 0.15) is 0 Å². The Labute approximate surface area is 148 Å². The molecule has 3 nitrogen and oxygen atoms in total. The van der Waals surface area contributed by atoms with Crippen molar-refractivity contribution >= 4 is 46.4 Å². The molecule has 0 unspecified atom stereocenters. The lowest BCUT2D eigenvalue weighted by Gasteiger charge is -2.11. The number of benzene rings is 2. The quantitative estimate of drug-likeness (QED) is 0.562. The van der Waals surface area contributed by atoms with E-state index in [0.717, 1.165) is 0 Å². The number of ether oxygens (including phenoxy) is 1. The molecule has 2 aromatic carbocycles. The van der Waals surface area contributed by atoms with E-state index in [-0.39, 0.29) is 26.8 Å². The number of amides is 1. The second-order valence-corrected chi connectivity index (χ2v) is 5.60. The number of carbonyl (C=O) groups is 1. The summed E-state index contributed by atoms with van der Waals surface area (Å²) in [5.74, 6) is -9.07. The van der Waals surface area contributed by atoms with Crippen molar-refractivity contribution in [2.75, 3.05) is 11.9 Å². The Morgan fingerprint density at radius 1 is 0.917 bits per heavy atom. The van der Waals surface area contributed by atoms with E-state index in [4.69, 9.17) is 34.8 Å². The molecule has 0 aliphatic rings. The van der Waals surface area contributed by atoms with E-state index in [9.17, 15) is 22.4 Å². The van der Waals surface area contributed by atoms with Gasteiger partial charge in [-0.05, 0) is 12.1 Å². The predicted molar refractivity (Wildman–Crippen MR) is 81.9 cm³/mol. The average molecular weight is 403 g/mol. The fourth-order valence-electron chi connectivity index (χ4n) is 1.62. The maximum atomic E-state index is 13.4. The molecule has 0 aromatic heterocycles. The van der Waals surface area contributed by atoms with E-state index in [2.05, 4.69) is 10.1 Å². The Bertz CT molecular complexity index is 791. The molecule has 0 aliphatic heterocycles. The zero-order valence-corrected chi connectivity index (χ0v) is 13.7. The number of halogens is 7. The zero-order valence-electron chi connectivity index (χ0n) is 11.4. The van der Waals surface area contributed by atoms with Gasteiger partial charge in [0.2, 0.25) is 11.6 Å². The van der Waals surface area contributed by atoms with Gasteiger partial charge < -0.3 is 10.1 Å². The third kappa shape index (κ3) is 4.03. The summed E-state index contributed by atoms with van der Waals surface area (Å²) in [6.07, 6.45) is 0. The summed E-state index contributed by atoms with van der Waals surface area (Å²) in [6.45, 7) is -0.937. The first-order chi connectivity index (χ1) is 11.2. The van der Waals surface area contributed by atoms with Gasteiger partial charge in [-0.2, -0.15) is 8.78 Å². The number of anilines is 1. The summed E-state index contributed by atoms with van der Waals surface area (Å²) in [5, 5.41) is 2.54. The molecular formula is C14H6Cl3F4NO2. The van der Waals surface area contributed by atoms with Gasteiger partial charge in [0.05, 0.1) is 20.8 Å². The number of carbonyl (C=O) groups excluding carboxylic acids is 1. The van der Waals surface area contributed by atoms with Gasteiger partial charge in [-0.25, -0.2) is 8.78 Å². The van der Waals surface area contributed by atoms with Crippen molar-refractivity contribution in [3.8, 4) is 5.75 Å². The molecule has 24 heavy (non-hydrogen) atoms. The van der Waals surface area contributed by atoms with Crippen LogP contribution in [0.3, 0.4) is 0 Å². The first kappa shape index (κ1) is 18.6. The molecular weight excluding hydrogens is 397 g/mol. The normalized spacial score (nSPS) is 10.6. The van der Waals surface area contributed by atoms with Crippen LogP contribution in [-0.4, -0.2) is 12.5 Å². The van der Waals surface area contributed by atoms with Crippen LogP contribution in [0.5, 0.6) is 5.75 Å². The van der Waals surface area contributed by atoms with Crippen LogP contribution in [0.4, 0.5) is 23.2 Å². The molecule has 1 amide bonds. The van der Waals surface area contributed by atoms with E-state index in [0.29, 0.717) is 0 Å². The highest BCUT2D eigenvalue weighted by atomic mass is 35.5. The summed E-state index contributed by atoms with van der Waals surface area (Å²) in [4.78, 5) is 11.7. The highest BCUT2D eigenvalue weighted by molar-refractivity contribution is 6.44. The maximum Gasteiger partial charge on any atom is 0.262 e.